The molecule has 15 heavy (non-hydrogen) atoms. The second kappa shape index (κ2) is 4.79. The molecule has 3 unspecified atom stereocenters. The molecule has 1 amide bonds. The van der Waals surface area contributed by atoms with Crippen LogP contribution in [0.5, 0.6) is 0 Å². The second-order valence-electron chi connectivity index (χ2n) is 4.76. The van der Waals surface area contributed by atoms with Crippen molar-refractivity contribution in [2.45, 2.75) is 31.7 Å². The largest absolute Gasteiger partial charge is 0.352 e. The van der Waals surface area contributed by atoms with Gasteiger partial charge in [-0.3, -0.25) is 4.79 Å². The minimum absolute atomic E-state index is 0.0812. The first-order chi connectivity index (χ1) is 7.29. The van der Waals surface area contributed by atoms with Gasteiger partial charge in [-0.25, -0.2) is 0 Å². The number of carbonyl (C=O) groups excluding carboxylic acids is 1. The molecule has 0 aromatic carbocycles. The van der Waals surface area contributed by atoms with Crippen molar-refractivity contribution in [3.05, 3.63) is 12.7 Å². The van der Waals surface area contributed by atoms with E-state index < -0.39 is 0 Å². The fourth-order valence-corrected chi connectivity index (χ4v) is 2.97. The molecule has 0 saturated heterocycles. The lowest BCUT2D eigenvalue weighted by Crippen LogP contribution is -2.41. The summed E-state index contributed by atoms with van der Waals surface area (Å²) in [5.74, 6) is 1.85. The first kappa shape index (κ1) is 10.7. The van der Waals surface area contributed by atoms with Crippen LogP contribution in [0.4, 0.5) is 0 Å². The highest BCUT2D eigenvalue weighted by atomic mass is 16.1. The van der Waals surface area contributed by atoms with Crippen LogP contribution in [-0.2, 0) is 4.79 Å². The Kier molecular flexibility index (Phi) is 3.41. The second-order valence-corrected chi connectivity index (χ2v) is 4.76. The maximum absolute atomic E-state index is 11.3. The molecule has 3 nitrogen and oxygen atoms in total. The monoisotopic (exact) mass is 208 g/mol. The molecule has 2 fully saturated rings. The number of carbonyl (C=O) groups is 1. The highest BCUT2D eigenvalue weighted by molar-refractivity contribution is 5.78. The molecule has 0 aromatic heterocycles. The standard InChI is InChI=1S/C12H20N2O/c1-2-5-13-12(15)8-14-11-7-9-3-4-10(11)6-9/h2,9-11,14H,1,3-8H2,(H,13,15). The Bertz CT molecular complexity index is 252. The van der Waals surface area contributed by atoms with E-state index in [9.17, 15) is 4.79 Å². The van der Waals surface area contributed by atoms with E-state index in [1.807, 2.05) is 0 Å². The minimum atomic E-state index is 0.0812. The molecule has 2 aliphatic rings. The number of hydrogen-bond donors (Lipinski definition) is 2. The number of fused-ring (bicyclic) bond motifs is 2. The Hall–Kier alpha value is -0.830. The lowest BCUT2D eigenvalue weighted by atomic mass is 9.95. The summed E-state index contributed by atoms with van der Waals surface area (Å²) in [7, 11) is 0. The van der Waals surface area contributed by atoms with E-state index in [0.717, 1.165) is 11.8 Å². The fraction of sp³-hybridized carbons (Fsp3) is 0.750. The highest BCUT2D eigenvalue weighted by Gasteiger charge is 2.39. The lowest BCUT2D eigenvalue weighted by molar-refractivity contribution is -0.120. The summed E-state index contributed by atoms with van der Waals surface area (Å²) in [5, 5.41) is 6.16. The molecule has 0 aliphatic heterocycles. The molecular weight excluding hydrogens is 188 g/mol. The van der Waals surface area contributed by atoms with Gasteiger partial charge in [-0.05, 0) is 31.1 Å². The topological polar surface area (TPSA) is 41.1 Å². The van der Waals surface area contributed by atoms with Gasteiger partial charge < -0.3 is 10.6 Å². The van der Waals surface area contributed by atoms with Gasteiger partial charge in [0, 0.05) is 12.6 Å². The van der Waals surface area contributed by atoms with Crippen molar-refractivity contribution in [3.63, 3.8) is 0 Å². The maximum Gasteiger partial charge on any atom is 0.234 e. The molecule has 2 rings (SSSR count). The Labute approximate surface area is 91.3 Å². The average Bonchev–Trinajstić information content (AvgIpc) is 2.84. The molecule has 3 heteroatoms. The summed E-state index contributed by atoms with van der Waals surface area (Å²) < 4.78 is 0. The van der Waals surface area contributed by atoms with Crippen LogP contribution in [0.25, 0.3) is 0 Å². The van der Waals surface area contributed by atoms with Gasteiger partial charge in [-0.1, -0.05) is 12.5 Å². The van der Waals surface area contributed by atoms with Crippen molar-refractivity contribution in [2.75, 3.05) is 13.1 Å². The molecule has 2 aliphatic carbocycles. The third kappa shape index (κ3) is 2.59. The van der Waals surface area contributed by atoms with Gasteiger partial charge in [0.05, 0.1) is 6.54 Å². The van der Waals surface area contributed by atoms with Crippen molar-refractivity contribution in [1.82, 2.24) is 10.6 Å². The zero-order valence-corrected chi connectivity index (χ0v) is 9.17. The summed E-state index contributed by atoms with van der Waals surface area (Å²) in [4.78, 5) is 11.3. The summed E-state index contributed by atoms with van der Waals surface area (Å²) in [5.41, 5.74) is 0. The van der Waals surface area contributed by atoms with Crippen LogP contribution in [0.15, 0.2) is 12.7 Å². The molecule has 84 valence electrons. The molecular formula is C12H20N2O. The molecule has 0 aromatic rings. The zero-order chi connectivity index (χ0) is 10.7. The average molecular weight is 208 g/mol. The van der Waals surface area contributed by atoms with E-state index in [1.165, 1.54) is 25.7 Å². The Balaban J connectivity index is 1.65. The molecule has 3 atom stereocenters. The van der Waals surface area contributed by atoms with E-state index in [-0.39, 0.29) is 5.91 Å². The number of hydrogen-bond acceptors (Lipinski definition) is 2. The van der Waals surface area contributed by atoms with Crippen molar-refractivity contribution < 1.29 is 4.79 Å². The summed E-state index contributed by atoms with van der Waals surface area (Å²) in [6.45, 7) is 4.59. The van der Waals surface area contributed by atoms with Crippen LogP contribution in [0.3, 0.4) is 0 Å². The van der Waals surface area contributed by atoms with E-state index in [2.05, 4.69) is 17.2 Å². The summed E-state index contributed by atoms with van der Waals surface area (Å²) in [6, 6.07) is 0.596. The molecule has 2 N–H and O–H groups in total. The van der Waals surface area contributed by atoms with Gasteiger partial charge in [0.1, 0.15) is 0 Å². The minimum Gasteiger partial charge on any atom is -0.352 e. The summed E-state index contributed by atoms with van der Waals surface area (Å²) >= 11 is 0. The first-order valence-corrected chi connectivity index (χ1v) is 5.90. The van der Waals surface area contributed by atoms with Gasteiger partial charge >= 0.3 is 0 Å². The molecule has 0 spiro atoms. The van der Waals surface area contributed by atoms with Crippen LogP contribution in [0.2, 0.25) is 0 Å². The number of rotatable bonds is 5. The molecule has 2 saturated carbocycles. The van der Waals surface area contributed by atoms with Crippen LogP contribution < -0.4 is 10.6 Å². The lowest BCUT2D eigenvalue weighted by Gasteiger charge is -2.22. The molecule has 0 heterocycles. The van der Waals surface area contributed by atoms with Gasteiger partial charge in [0.15, 0.2) is 0 Å². The third-order valence-corrected chi connectivity index (χ3v) is 3.71. The number of nitrogens with one attached hydrogen (secondary N) is 2. The van der Waals surface area contributed by atoms with Crippen molar-refractivity contribution in [1.29, 1.82) is 0 Å². The van der Waals surface area contributed by atoms with Crippen molar-refractivity contribution in [3.8, 4) is 0 Å². The van der Waals surface area contributed by atoms with Crippen LogP contribution >= 0.6 is 0 Å². The van der Waals surface area contributed by atoms with E-state index in [1.54, 1.807) is 6.08 Å². The maximum atomic E-state index is 11.3. The van der Waals surface area contributed by atoms with Crippen molar-refractivity contribution >= 4 is 5.91 Å². The Morgan fingerprint density at radius 3 is 2.87 bits per heavy atom. The molecule has 0 radical (unpaired) electrons. The predicted molar refractivity (Wildman–Crippen MR) is 60.4 cm³/mol. The van der Waals surface area contributed by atoms with E-state index in [0.29, 0.717) is 19.1 Å². The van der Waals surface area contributed by atoms with E-state index in [4.69, 9.17) is 0 Å². The number of amides is 1. The van der Waals surface area contributed by atoms with Crippen molar-refractivity contribution in [2.24, 2.45) is 11.8 Å². The fourth-order valence-electron chi connectivity index (χ4n) is 2.97. The Morgan fingerprint density at radius 1 is 1.40 bits per heavy atom. The zero-order valence-electron chi connectivity index (χ0n) is 9.17. The quantitative estimate of drug-likeness (QED) is 0.663. The van der Waals surface area contributed by atoms with E-state index >= 15 is 0 Å². The van der Waals surface area contributed by atoms with Gasteiger partial charge in [0.25, 0.3) is 0 Å². The molecule has 2 bridgehead atoms. The normalized spacial score (nSPS) is 32.9. The van der Waals surface area contributed by atoms with Crippen LogP contribution in [0, 0.1) is 11.8 Å². The van der Waals surface area contributed by atoms with Gasteiger partial charge in [0.2, 0.25) is 5.91 Å². The van der Waals surface area contributed by atoms with Crippen LogP contribution in [-0.4, -0.2) is 25.0 Å². The SMILES string of the molecule is C=CCNC(=O)CNC1CC2CCC1C2. The first-order valence-electron chi connectivity index (χ1n) is 5.90. The predicted octanol–water partition coefficient (Wildman–Crippen LogP) is 1.07. The smallest absolute Gasteiger partial charge is 0.234 e. The van der Waals surface area contributed by atoms with Gasteiger partial charge in [-0.2, -0.15) is 0 Å². The highest BCUT2D eigenvalue weighted by Crippen LogP contribution is 2.44. The van der Waals surface area contributed by atoms with Crippen LogP contribution in [0.1, 0.15) is 25.7 Å². The Morgan fingerprint density at radius 2 is 2.27 bits per heavy atom. The summed E-state index contributed by atoms with van der Waals surface area (Å²) in [6.07, 6.45) is 7.13. The van der Waals surface area contributed by atoms with Gasteiger partial charge in [-0.15, -0.1) is 6.58 Å². The third-order valence-electron chi connectivity index (χ3n) is 3.71.